The highest BCUT2D eigenvalue weighted by molar-refractivity contribution is 6.10. The second kappa shape index (κ2) is 10.1. The lowest BCUT2D eigenvalue weighted by Gasteiger charge is -2.27. The number of aliphatic carboxylic acids is 1. The number of amides is 2. The number of ether oxygens (including phenoxy) is 1. The SMILES string of the molecule is C[C@](F)(C(=O)O)C(=O)N[C@@H]1C(=O)N(CCOCc2ccccc2)c2ccccc2-c2ccccc21. The summed E-state index contributed by atoms with van der Waals surface area (Å²) in [5, 5.41) is 11.5. The molecule has 4 rings (SSSR count). The standard InChI is InChI=1S/C27H25FN2O5/c1-27(28,26(33)34)25(32)29-23-21-13-6-5-11-19(21)20-12-7-8-14-22(20)30(24(23)31)15-16-35-17-18-9-3-2-4-10-18/h2-14,23H,15-17H2,1H3,(H,29,32)(H,33,34)/t23-,27+/m0/s1. The lowest BCUT2D eigenvalue weighted by atomic mass is 9.95. The minimum Gasteiger partial charge on any atom is -0.478 e. The maximum atomic E-state index is 14.6. The molecule has 0 radical (unpaired) electrons. The molecule has 0 aliphatic carbocycles. The van der Waals surface area contributed by atoms with E-state index in [1.165, 1.54) is 4.90 Å². The van der Waals surface area contributed by atoms with Gasteiger partial charge in [0, 0.05) is 12.1 Å². The molecule has 0 unspecified atom stereocenters. The third kappa shape index (κ3) is 4.93. The molecular formula is C27H25FN2O5. The summed E-state index contributed by atoms with van der Waals surface area (Å²) in [5.41, 5.74) is 0.308. The molecule has 3 aromatic rings. The van der Waals surface area contributed by atoms with Crippen molar-refractivity contribution in [2.45, 2.75) is 25.2 Å². The van der Waals surface area contributed by atoms with E-state index in [1.54, 1.807) is 30.3 Å². The van der Waals surface area contributed by atoms with Gasteiger partial charge in [-0.1, -0.05) is 72.8 Å². The third-order valence-electron chi connectivity index (χ3n) is 5.94. The number of para-hydroxylation sites is 1. The van der Waals surface area contributed by atoms with Crippen LogP contribution in [-0.2, 0) is 25.7 Å². The van der Waals surface area contributed by atoms with Gasteiger partial charge in [-0.2, -0.15) is 0 Å². The van der Waals surface area contributed by atoms with Crippen LogP contribution < -0.4 is 10.2 Å². The number of nitrogens with zero attached hydrogens (tertiary/aromatic N) is 1. The number of carboxylic acid groups (broad SMARTS) is 1. The number of benzene rings is 3. The molecule has 1 heterocycles. The minimum atomic E-state index is -3.20. The van der Waals surface area contributed by atoms with Crippen molar-refractivity contribution in [2.75, 3.05) is 18.1 Å². The maximum absolute atomic E-state index is 14.6. The molecular weight excluding hydrogens is 451 g/mol. The van der Waals surface area contributed by atoms with Crippen LogP contribution in [0.15, 0.2) is 78.9 Å². The van der Waals surface area contributed by atoms with Crippen molar-refractivity contribution in [3.8, 4) is 11.1 Å². The lowest BCUT2D eigenvalue weighted by Crippen LogP contribution is -2.51. The van der Waals surface area contributed by atoms with E-state index in [4.69, 9.17) is 9.84 Å². The summed E-state index contributed by atoms with van der Waals surface area (Å²) in [4.78, 5) is 39.1. The number of nitrogens with one attached hydrogen (secondary N) is 1. The van der Waals surface area contributed by atoms with Crippen LogP contribution in [0.25, 0.3) is 11.1 Å². The molecule has 2 atom stereocenters. The monoisotopic (exact) mass is 476 g/mol. The Labute approximate surface area is 202 Å². The van der Waals surface area contributed by atoms with Gasteiger partial charge in [0.05, 0.1) is 18.9 Å². The first kappa shape index (κ1) is 24.1. The van der Waals surface area contributed by atoms with E-state index < -0.39 is 29.5 Å². The average molecular weight is 477 g/mol. The van der Waals surface area contributed by atoms with Crippen LogP contribution in [0.5, 0.6) is 0 Å². The molecule has 7 nitrogen and oxygen atoms in total. The molecule has 3 aromatic carbocycles. The van der Waals surface area contributed by atoms with Crippen molar-refractivity contribution in [2.24, 2.45) is 0 Å². The van der Waals surface area contributed by atoms with Crippen molar-refractivity contribution in [3.63, 3.8) is 0 Å². The zero-order valence-corrected chi connectivity index (χ0v) is 19.1. The second-order valence-electron chi connectivity index (χ2n) is 8.35. The highest BCUT2D eigenvalue weighted by Crippen LogP contribution is 2.40. The van der Waals surface area contributed by atoms with Crippen LogP contribution in [0.3, 0.4) is 0 Å². The first-order chi connectivity index (χ1) is 16.8. The number of rotatable bonds is 8. The predicted octanol–water partition coefficient (Wildman–Crippen LogP) is 3.89. The fourth-order valence-electron chi connectivity index (χ4n) is 3.99. The summed E-state index contributed by atoms with van der Waals surface area (Å²) < 4.78 is 20.4. The van der Waals surface area contributed by atoms with Gasteiger partial charge in [0.2, 0.25) is 0 Å². The van der Waals surface area contributed by atoms with Crippen LogP contribution >= 0.6 is 0 Å². The van der Waals surface area contributed by atoms with E-state index in [1.807, 2.05) is 48.5 Å². The summed E-state index contributed by atoms with van der Waals surface area (Å²) in [6.45, 7) is 1.40. The number of anilines is 1. The fraction of sp³-hybridized carbons (Fsp3) is 0.222. The van der Waals surface area contributed by atoms with Gasteiger partial charge in [-0.3, -0.25) is 9.59 Å². The van der Waals surface area contributed by atoms with Crippen molar-refractivity contribution >= 4 is 23.5 Å². The first-order valence-corrected chi connectivity index (χ1v) is 11.2. The summed E-state index contributed by atoms with van der Waals surface area (Å²) in [6.07, 6.45) is 0. The second-order valence-corrected chi connectivity index (χ2v) is 8.35. The van der Waals surface area contributed by atoms with E-state index in [9.17, 15) is 18.8 Å². The third-order valence-corrected chi connectivity index (χ3v) is 5.94. The average Bonchev–Trinajstić information content (AvgIpc) is 2.96. The number of carboxylic acids is 1. The van der Waals surface area contributed by atoms with Gasteiger partial charge in [-0.15, -0.1) is 0 Å². The van der Waals surface area contributed by atoms with Gasteiger partial charge in [-0.25, -0.2) is 9.18 Å². The largest absolute Gasteiger partial charge is 0.478 e. The fourth-order valence-corrected chi connectivity index (χ4v) is 3.99. The Morgan fingerprint density at radius 3 is 2.34 bits per heavy atom. The van der Waals surface area contributed by atoms with Gasteiger partial charge >= 0.3 is 5.97 Å². The van der Waals surface area contributed by atoms with Crippen LogP contribution in [0, 0.1) is 0 Å². The van der Waals surface area contributed by atoms with Crippen molar-refractivity contribution in [3.05, 3.63) is 90.0 Å². The van der Waals surface area contributed by atoms with E-state index in [0.717, 1.165) is 11.1 Å². The normalized spacial score (nSPS) is 16.5. The smallest absolute Gasteiger partial charge is 0.351 e. The maximum Gasteiger partial charge on any atom is 0.351 e. The topological polar surface area (TPSA) is 95.9 Å². The highest BCUT2D eigenvalue weighted by Gasteiger charge is 2.45. The summed E-state index contributed by atoms with van der Waals surface area (Å²) in [7, 11) is 0. The Kier molecular flexibility index (Phi) is 6.93. The molecule has 0 bridgehead atoms. The van der Waals surface area contributed by atoms with Gasteiger partial charge in [-0.05, 0) is 29.7 Å². The molecule has 2 amide bonds. The van der Waals surface area contributed by atoms with Gasteiger partial charge in [0.25, 0.3) is 17.5 Å². The molecule has 8 heteroatoms. The summed E-state index contributed by atoms with van der Waals surface area (Å²) >= 11 is 0. The number of hydrogen-bond donors (Lipinski definition) is 2. The Hall–Kier alpha value is -4.04. The molecule has 0 aromatic heterocycles. The summed E-state index contributed by atoms with van der Waals surface area (Å²) in [6, 6.07) is 22.6. The molecule has 180 valence electrons. The Bertz CT molecular complexity index is 1250. The number of fused-ring (bicyclic) bond motifs is 3. The van der Waals surface area contributed by atoms with Gasteiger partial charge in [0.15, 0.2) is 0 Å². The van der Waals surface area contributed by atoms with E-state index in [-0.39, 0.29) is 13.2 Å². The molecule has 0 fully saturated rings. The van der Waals surface area contributed by atoms with Crippen LogP contribution in [0.2, 0.25) is 0 Å². The zero-order chi connectivity index (χ0) is 25.0. The predicted molar refractivity (Wildman–Crippen MR) is 128 cm³/mol. The quantitative estimate of drug-likeness (QED) is 0.380. The molecule has 1 aliphatic heterocycles. The Morgan fingerprint density at radius 1 is 1.00 bits per heavy atom. The van der Waals surface area contributed by atoms with Gasteiger partial charge in [0.1, 0.15) is 6.04 Å². The van der Waals surface area contributed by atoms with Crippen molar-refractivity contribution in [1.29, 1.82) is 0 Å². The van der Waals surface area contributed by atoms with Gasteiger partial charge < -0.3 is 20.1 Å². The minimum absolute atomic E-state index is 0.175. The van der Waals surface area contributed by atoms with Crippen LogP contribution in [0.4, 0.5) is 10.1 Å². The number of carbonyl (C=O) groups excluding carboxylic acids is 2. The number of carbonyl (C=O) groups is 3. The van der Waals surface area contributed by atoms with Crippen molar-refractivity contribution < 1.29 is 28.6 Å². The Balaban J connectivity index is 1.65. The molecule has 0 spiro atoms. The number of halogens is 1. The molecule has 35 heavy (non-hydrogen) atoms. The lowest BCUT2D eigenvalue weighted by molar-refractivity contribution is -0.157. The van der Waals surface area contributed by atoms with E-state index in [2.05, 4.69) is 5.32 Å². The van der Waals surface area contributed by atoms with Crippen LogP contribution in [-0.4, -0.2) is 41.7 Å². The molecule has 0 saturated heterocycles. The molecule has 0 saturated carbocycles. The van der Waals surface area contributed by atoms with E-state index >= 15 is 0 Å². The Morgan fingerprint density at radius 2 is 1.63 bits per heavy atom. The first-order valence-electron chi connectivity index (χ1n) is 11.2. The highest BCUT2D eigenvalue weighted by atomic mass is 19.1. The van der Waals surface area contributed by atoms with E-state index in [0.29, 0.717) is 30.3 Å². The molecule has 2 N–H and O–H groups in total. The number of hydrogen-bond acceptors (Lipinski definition) is 4. The van der Waals surface area contributed by atoms with Crippen LogP contribution in [0.1, 0.15) is 24.1 Å². The van der Waals surface area contributed by atoms with Crippen molar-refractivity contribution in [1.82, 2.24) is 5.32 Å². The molecule has 1 aliphatic rings. The number of alkyl halides is 1. The summed E-state index contributed by atoms with van der Waals surface area (Å²) in [5.74, 6) is -3.84. The zero-order valence-electron chi connectivity index (χ0n) is 19.1.